The highest BCUT2D eigenvalue weighted by Gasteiger charge is 2.49. The first kappa shape index (κ1) is 54.1. The fourth-order valence-corrected chi connectivity index (χ4v) is 14.6. The lowest BCUT2D eigenvalue weighted by Crippen LogP contribution is -2.29. The molecular formula is C84H57F2NO3. The van der Waals surface area contributed by atoms with Crippen molar-refractivity contribution in [1.29, 1.82) is 0 Å². The largest absolute Gasteiger partial charge is 0.484 e. The first-order chi connectivity index (χ1) is 44.3. The van der Waals surface area contributed by atoms with E-state index in [9.17, 15) is 0 Å². The number of benzene rings is 12. The van der Waals surface area contributed by atoms with Crippen LogP contribution in [-0.2, 0) is 10.8 Å². The van der Waals surface area contributed by atoms with Crippen LogP contribution >= 0.6 is 0 Å². The smallest absolute Gasteiger partial charge is 0.135 e. The van der Waals surface area contributed by atoms with Crippen LogP contribution in [0.25, 0.3) is 40.0 Å². The first-order valence-corrected chi connectivity index (χ1v) is 30.4. The lowest BCUT2D eigenvalue weighted by atomic mass is 9.67. The minimum absolute atomic E-state index is 0.0610. The average molecular weight is 1170 g/mol. The van der Waals surface area contributed by atoms with E-state index in [1.54, 1.807) is 24.3 Å². The summed E-state index contributed by atoms with van der Waals surface area (Å²) in [6, 6.07) is 94.3. The zero-order chi connectivity index (χ0) is 60.5. The molecule has 16 rings (SSSR count). The lowest BCUT2D eigenvalue weighted by Gasteiger charge is -2.36. The van der Waals surface area contributed by atoms with Crippen LogP contribution in [0.3, 0.4) is 0 Å². The fraction of sp³-hybridized carbons (Fsp3) is 0.0476. The standard InChI is InChI=1S/C84H57F2NO3/c1-3-54-23-41-66(42-24-54)88-68-45-31-59(32-46-68)83(57-27-35-61(85)36-28-57)77-20-8-5-15-71(77)73-49-39-64(52-79(73)83)87(63-14-11-13-56(51-63)70-18-12-19-76-75-17-7-10-22-81(75)90-82(70)76)65-40-50-74-72-16-6-9-21-78(72)84(80(74)53-65,58-29-37-62(86)38-30-58)60-33-47-69(48-34-60)89-67-43-25-55(4-2)26-44-67/h3-53,76,82H,1-2H2. The van der Waals surface area contributed by atoms with Crippen molar-refractivity contribution in [1.82, 2.24) is 0 Å². The van der Waals surface area contributed by atoms with Crippen molar-refractivity contribution in [3.05, 3.63) is 389 Å². The van der Waals surface area contributed by atoms with Crippen molar-refractivity contribution < 1.29 is 23.0 Å². The molecule has 12 aromatic carbocycles. The van der Waals surface area contributed by atoms with Gasteiger partial charge in [0.1, 0.15) is 46.5 Å². The Morgan fingerprint density at radius 2 is 0.822 bits per heavy atom. The van der Waals surface area contributed by atoms with Crippen molar-refractivity contribution in [3.8, 4) is 51.0 Å². The third kappa shape index (κ3) is 8.77. The number of rotatable bonds is 14. The Morgan fingerprint density at radius 3 is 1.31 bits per heavy atom. The second-order valence-electron chi connectivity index (χ2n) is 23.4. The number of ether oxygens (including phenoxy) is 3. The highest BCUT2D eigenvalue weighted by atomic mass is 19.1. The van der Waals surface area contributed by atoms with Crippen LogP contribution in [0.2, 0.25) is 0 Å². The number of nitrogens with zero attached hydrogens (tertiary/aromatic N) is 1. The van der Waals surface area contributed by atoms with Crippen molar-refractivity contribution in [2.45, 2.75) is 22.9 Å². The highest BCUT2D eigenvalue weighted by Crippen LogP contribution is 2.60. The highest BCUT2D eigenvalue weighted by molar-refractivity contribution is 5.93. The quantitative estimate of drug-likeness (QED) is 0.109. The predicted molar refractivity (Wildman–Crippen MR) is 360 cm³/mol. The van der Waals surface area contributed by atoms with Crippen molar-refractivity contribution >= 4 is 34.8 Å². The maximum absolute atomic E-state index is 15.4. The van der Waals surface area contributed by atoms with E-state index in [0.29, 0.717) is 23.0 Å². The van der Waals surface area contributed by atoms with E-state index in [-0.39, 0.29) is 23.7 Å². The summed E-state index contributed by atoms with van der Waals surface area (Å²) in [5, 5.41) is 0. The summed E-state index contributed by atoms with van der Waals surface area (Å²) in [7, 11) is 0. The minimum Gasteiger partial charge on any atom is -0.484 e. The molecule has 0 saturated carbocycles. The molecule has 0 aromatic heterocycles. The number of hydrogen-bond donors (Lipinski definition) is 0. The lowest BCUT2D eigenvalue weighted by molar-refractivity contribution is 0.278. The van der Waals surface area contributed by atoms with Gasteiger partial charge in [0.15, 0.2) is 0 Å². The van der Waals surface area contributed by atoms with Gasteiger partial charge in [-0.3, -0.25) is 0 Å². The summed E-state index contributed by atoms with van der Waals surface area (Å²) in [5.41, 5.74) is 18.6. The third-order valence-electron chi connectivity index (χ3n) is 18.6. The van der Waals surface area contributed by atoms with Crippen LogP contribution < -0.4 is 19.1 Å². The monoisotopic (exact) mass is 1170 g/mol. The van der Waals surface area contributed by atoms with Gasteiger partial charge in [0.2, 0.25) is 0 Å². The van der Waals surface area contributed by atoms with Crippen LogP contribution in [0.5, 0.6) is 28.7 Å². The van der Waals surface area contributed by atoms with E-state index < -0.39 is 10.8 Å². The van der Waals surface area contributed by atoms with Gasteiger partial charge in [-0.05, 0) is 199 Å². The summed E-state index contributed by atoms with van der Waals surface area (Å²) >= 11 is 0. The molecule has 90 heavy (non-hydrogen) atoms. The van der Waals surface area contributed by atoms with E-state index in [1.807, 2.05) is 115 Å². The SMILES string of the molecule is C=Cc1ccc(Oc2ccc(C3(c4ccc(F)cc4)c4ccccc4-c4ccc(N(c5cccc(C6=CC=CC7c8ccccc8OC67)c5)c5ccc6c(c5)C(c5ccc(F)cc5)(c5ccc(Oc7ccc(C=C)cc7)cc5)c5ccccc5-6)cc43)cc2)cc1. The Bertz CT molecular complexity index is 4610. The van der Waals surface area contributed by atoms with Gasteiger partial charge in [-0.2, -0.15) is 0 Å². The molecule has 0 N–H and O–H groups in total. The first-order valence-electron chi connectivity index (χ1n) is 30.4. The summed E-state index contributed by atoms with van der Waals surface area (Å²) in [5.74, 6) is 3.11. The topological polar surface area (TPSA) is 30.9 Å². The van der Waals surface area contributed by atoms with Gasteiger partial charge in [0.25, 0.3) is 0 Å². The number of anilines is 3. The van der Waals surface area contributed by atoms with Gasteiger partial charge < -0.3 is 19.1 Å². The number of halogens is 2. The van der Waals surface area contributed by atoms with E-state index in [0.717, 1.165) is 112 Å². The van der Waals surface area contributed by atoms with Crippen LogP contribution in [0.4, 0.5) is 25.8 Å². The molecule has 0 saturated heterocycles. The molecule has 0 bridgehead atoms. The second-order valence-corrected chi connectivity index (χ2v) is 23.4. The van der Waals surface area contributed by atoms with Crippen LogP contribution in [0.1, 0.15) is 72.7 Å². The van der Waals surface area contributed by atoms with Crippen LogP contribution in [0, 0.1) is 11.6 Å². The van der Waals surface area contributed by atoms with E-state index in [4.69, 9.17) is 14.2 Å². The molecule has 0 amide bonds. The molecule has 4 nitrogen and oxygen atoms in total. The van der Waals surface area contributed by atoms with Gasteiger partial charge in [0, 0.05) is 34.1 Å². The van der Waals surface area contributed by atoms with E-state index >= 15 is 8.78 Å². The third-order valence-corrected chi connectivity index (χ3v) is 18.6. The minimum atomic E-state index is -0.918. The van der Waals surface area contributed by atoms with Gasteiger partial charge >= 0.3 is 0 Å². The normalized spacial score (nSPS) is 17.7. The van der Waals surface area contributed by atoms with Crippen molar-refractivity contribution in [2.24, 2.45) is 0 Å². The Morgan fingerprint density at radius 1 is 0.400 bits per heavy atom. The molecule has 1 aliphatic heterocycles. The van der Waals surface area contributed by atoms with E-state index in [2.05, 4.69) is 188 Å². The van der Waals surface area contributed by atoms with Gasteiger partial charge in [-0.25, -0.2) is 8.78 Å². The molecule has 0 radical (unpaired) electrons. The molecule has 4 aliphatic rings. The summed E-state index contributed by atoms with van der Waals surface area (Å²) in [6.07, 6.45) is 10.00. The molecule has 3 aliphatic carbocycles. The molecule has 0 spiro atoms. The number of para-hydroxylation sites is 1. The molecule has 6 heteroatoms. The average Bonchev–Trinajstić information content (AvgIpc) is 1.53. The van der Waals surface area contributed by atoms with Crippen LogP contribution in [0.15, 0.2) is 310 Å². The maximum Gasteiger partial charge on any atom is 0.135 e. The predicted octanol–water partition coefficient (Wildman–Crippen LogP) is 21.5. The molecule has 0 fully saturated rings. The molecule has 4 unspecified atom stereocenters. The summed E-state index contributed by atoms with van der Waals surface area (Å²) in [4.78, 5) is 2.37. The molecule has 12 aromatic rings. The van der Waals surface area contributed by atoms with E-state index in [1.165, 1.54) is 5.56 Å². The second kappa shape index (κ2) is 21.8. The maximum atomic E-state index is 15.4. The Balaban J connectivity index is 0.903. The Kier molecular flexibility index (Phi) is 13.1. The van der Waals surface area contributed by atoms with Gasteiger partial charge in [-0.1, -0.05) is 207 Å². The van der Waals surface area contributed by atoms with Gasteiger partial charge in [0.05, 0.1) is 10.8 Å². The number of allylic oxidation sites excluding steroid dienone is 2. The molecule has 4 atom stereocenters. The van der Waals surface area contributed by atoms with Crippen LogP contribution in [-0.4, -0.2) is 6.10 Å². The fourth-order valence-electron chi connectivity index (χ4n) is 14.6. The summed E-state index contributed by atoms with van der Waals surface area (Å²) < 4.78 is 50.5. The Hall–Kier alpha value is -11.3. The Labute approximate surface area is 522 Å². The van der Waals surface area contributed by atoms with Crippen molar-refractivity contribution in [2.75, 3.05) is 4.90 Å². The molecular weight excluding hydrogens is 1110 g/mol. The summed E-state index contributed by atoms with van der Waals surface area (Å²) in [6.45, 7) is 7.84. The van der Waals surface area contributed by atoms with Gasteiger partial charge in [-0.15, -0.1) is 0 Å². The van der Waals surface area contributed by atoms with Crippen molar-refractivity contribution in [3.63, 3.8) is 0 Å². The molecule has 1 heterocycles. The number of fused-ring (bicyclic) bond motifs is 9. The zero-order valence-corrected chi connectivity index (χ0v) is 48.9. The molecule has 430 valence electrons. The zero-order valence-electron chi connectivity index (χ0n) is 48.9. The number of hydrogen-bond acceptors (Lipinski definition) is 4.